The third-order valence-electron chi connectivity index (χ3n) is 4.84. The van der Waals surface area contributed by atoms with Crippen molar-refractivity contribution in [3.63, 3.8) is 0 Å². The number of rotatable bonds is 8. The zero-order chi connectivity index (χ0) is 24.3. The first-order valence-electron chi connectivity index (χ1n) is 9.64. The zero-order valence-electron chi connectivity index (χ0n) is 17.6. The summed E-state index contributed by atoms with van der Waals surface area (Å²) in [5.74, 6) is -0.761. The van der Waals surface area contributed by atoms with Crippen LogP contribution in [0.4, 0.5) is 18.9 Å². The minimum absolute atomic E-state index is 0.0755. The van der Waals surface area contributed by atoms with Gasteiger partial charge in [-0.3, -0.25) is 9.18 Å². The van der Waals surface area contributed by atoms with E-state index >= 15 is 0 Å². The number of halogens is 4. The molecule has 3 rings (SSSR count). The number of ether oxygens (including phenoxy) is 1. The summed E-state index contributed by atoms with van der Waals surface area (Å²) >= 11 is 5.92. The Balaban J connectivity index is 2.01. The van der Waals surface area contributed by atoms with Crippen LogP contribution in [0.1, 0.15) is 21.7 Å². The van der Waals surface area contributed by atoms with Crippen LogP contribution in [-0.4, -0.2) is 38.4 Å². The summed E-state index contributed by atoms with van der Waals surface area (Å²) in [4.78, 5) is 13.0. The number of benzene rings is 2. The molecule has 0 aliphatic carbocycles. The molecule has 0 spiro atoms. The minimum atomic E-state index is -3.39. The van der Waals surface area contributed by atoms with Crippen molar-refractivity contribution in [2.75, 3.05) is 18.2 Å². The molecular formula is C22H20ClF3N2O4S. The number of nitrogens with zero attached hydrogens (tertiary/aromatic N) is 1. The molecule has 6 nitrogen and oxygen atoms in total. The first-order chi connectivity index (χ1) is 15.5. The number of alkyl halides is 3. The summed E-state index contributed by atoms with van der Waals surface area (Å²) in [6, 6.07) is 11.2. The predicted octanol–water partition coefficient (Wildman–Crippen LogP) is 5.21. The van der Waals surface area contributed by atoms with Crippen molar-refractivity contribution >= 4 is 33.0 Å². The molecule has 0 bridgehead atoms. The van der Waals surface area contributed by atoms with Crippen LogP contribution in [0, 0.1) is 6.92 Å². The van der Waals surface area contributed by atoms with E-state index in [1.807, 2.05) is 0 Å². The number of carbonyl (C=O) groups excluding carboxylic acids is 1. The van der Waals surface area contributed by atoms with Crippen LogP contribution in [0.25, 0.3) is 5.69 Å². The number of carbonyl (C=O) groups is 1. The summed E-state index contributed by atoms with van der Waals surface area (Å²) in [6.45, 7) is -2.26. The van der Waals surface area contributed by atoms with E-state index in [4.69, 9.17) is 11.6 Å². The Bertz CT molecular complexity index is 1280. The predicted molar refractivity (Wildman–Crippen MR) is 119 cm³/mol. The van der Waals surface area contributed by atoms with Crippen LogP contribution >= 0.6 is 11.6 Å². The third-order valence-corrected chi connectivity index (χ3v) is 6.20. The maximum atomic E-state index is 13.2. The van der Waals surface area contributed by atoms with Gasteiger partial charge >= 0.3 is 6.61 Å². The van der Waals surface area contributed by atoms with E-state index < -0.39 is 29.0 Å². The van der Waals surface area contributed by atoms with Gasteiger partial charge in [-0.2, -0.15) is 8.78 Å². The van der Waals surface area contributed by atoms with E-state index in [2.05, 4.69) is 10.1 Å². The fourth-order valence-electron chi connectivity index (χ4n) is 3.36. The Kier molecular flexibility index (Phi) is 7.38. The van der Waals surface area contributed by atoms with E-state index in [-0.39, 0.29) is 33.3 Å². The summed E-state index contributed by atoms with van der Waals surface area (Å²) in [5.41, 5.74) is 1.44. The highest BCUT2D eigenvalue weighted by atomic mass is 35.5. The molecule has 1 N–H and O–H groups in total. The van der Waals surface area contributed by atoms with Gasteiger partial charge < -0.3 is 14.6 Å². The molecule has 1 aromatic heterocycles. The first kappa shape index (κ1) is 24.7. The van der Waals surface area contributed by atoms with Gasteiger partial charge in [-0.15, -0.1) is 0 Å². The van der Waals surface area contributed by atoms with Crippen molar-refractivity contribution in [3.8, 4) is 11.4 Å². The highest BCUT2D eigenvalue weighted by Crippen LogP contribution is 2.32. The molecule has 0 saturated carbocycles. The molecular weight excluding hydrogens is 481 g/mol. The summed E-state index contributed by atoms with van der Waals surface area (Å²) < 4.78 is 68.4. The number of aromatic nitrogens is 1. The summed E-state index contributed by atoms with van der Waals surface area (Å²) in [6.07, 6.45) is 0.996. The van der Waals surface area contributed by atoms with Crippen LogP contribution < -0.4 is 10.1 Å². The lowest BCUT2D eigenvalue weighted by Gasteiger charge is -2.16. The van der Waals surface area contributed by atoms with Gasteiger partial charge in [0.1, 0.15) is 0 Å². The molecule has 3 aromatic rings. The molecule has 0 unspecified atom stereocenters. The minimum Gasteiger partial charge on any atom is -0.433 e. The topological polar surface area (TPSA) is 77.4 Å². The van der Waals surface area contributed by atoms with E-state index in [1.54, 1.807) is 6.92 Å². The van der Waals surface area contributed by atoms with Crippen molar-refractivity contribution in [2.45, 2.75) is 24.9 Å². The maximum absolute atomic E-state index is 13.2. The van der Waals surface area contributed by atoms with Crippen molar-refractivity contribution in [2.24, 2.45) is 0 Å². The number of nitrogens with one attached hydrogen (secondary N) is 1. The second-order valence-corrected chi connectivity index (χ2v) is 9.60. The van der Waals surface area contributed by atoms with Gasteiger partial charge in [0.25, 0.3) is 5.91 Å². The highest BCUT2D eigenvalue weighted by molar-refractivity contribution is 7.90. The Morgan fingerprint density at radius 2 is 1.82 bits per heavy atom. The molecule has 0 aliphatic heterocycles. The fourth-order valence-corrected chi connectivity index (χ4v) is 4.16. The Morgan fingerprint density at radius 1 is 1.15 bits per heavy atom. The average Bonchev–Trinajstić information content (AvgIpc) is 3.04. The smallest absolute Gasteiger partial charge is 0.387 e. The monoisotopic (exact) mass is 500 g/mol. The Morgan fingerprint density at radius 3 is 2.39 bits per heavy atom. The second kappa shape index (κ2) is 9.88. The zero-order valence-corrected chi connectivity index (χ0v) is 19.2. The van der Waals surface area contributed by atoms with Crippen LogP contribution in [0.15, 0.2) is 53.4 Å². The molecule has 1 amide bonds. The van der Waals surface area contributed by atoms with E-state index in [0.717, 1.165) is 6.26 Å². The van der Waals surface area contributed by atoms with E-state index in [9.17, 15) is 26.4 Å². The molecule has 0 atom stereocenters. The molecule has 11 heteroatoms. The van der Waals surface area contributed by atoms with Crippen molar-refractivity contribution < 1.29 is 31.1 Å². The van der Waals surface area contributed by atoms with Gasteiger partial charge in [0.15, 0.2) is 15.6 Å². The number of anilines is 1. The van der Waals surface area contributed by atoms with Crippen LogP contribution in [0.2, 0.25) is 5.02 Å². The van der Waals surface area contributed by atoms with Crippen LogP contribution in [0.3, 0.4) is 0 Å². The fraction of sp³-hybridized carbons (Fsp3) is 0.227. The Hall–Kier alpha value is -2.98. The normalized spacial score (nSPS) is 11.6. The SMILES string of the molecule is Cc1c(C(=O)Nc2ccc(S(C)(=O)=O)cc2)cc(CCF)n1-c1ccc(Cl)cc1OC(F)F. The van der Waals surface area contributed by atoms with E-state index in [0.29, 0.717) is 17.1 Å². The lowest BCUT2D eigenvalue weighted by molar-refractivity contribution is -0.0498. The third kappa shape index (κ3) is 5.69. The van der Waals surface area contributed by atoms with Gasteiger partial charge in [-0.25, -0.2) is 8.42 Å². The van der Waals surface area contributed by atoms with Crippen LogP contribution in [-0.2, 0) is 16.3 Å². The second-order valence-electron chi connectivity index (χ2n) is 7.15. The van der Waals surface area contributed by atoms with Crippen LogP contribution in [0.5, 0.6) is 5.75 Å². The summed E-state index contributed by atoms with van der Waals surface area (Å²) in [5, 5.41) is 2.82. The molecule has 0 fully saturated rings. The molecule has 0 aliphatic rings. The standard InChI is InChI=1S/C22H20ClF3N2O4S/c1-13-18(21(29)27-15-4-6-17(7-5-15)33(2,30)31)12-16(9-10-24)28(13)19-8-3-14(23)11-20(19)32-22(25)26/h3-8,11-12,22H,9-10H2,1-2H3,(H,27,29). The first-order valence-corrected chi connectivity index (χ1v) is 11.9. The molecule has 1 heterocycles. The average molecular weight is 501 g/mol. The molecule has 0 saturated heterocycles. The van der Waals surface area contributed by atoms with E-state index in [1.165, 1.54) is 53.1 Å². The largest absolute Gasteiger partial charge is 0.433 e. The number of hydrogen-bond acceptors (Lipinski definition) is 4. The summed E-state index contributed by atoms with van der Waals surface area (Å²) in [7, 11) is -3.39. The van der Waals surface area contributed by atoms with Gasteiger partial charge in [-0.05, 0) is 49.4 Å². The molecule has 33 heavy (non-hydrogen) atoms. The molecule has 0 radical (unpaired) electrons. The maximum Gasteiger partial charge on any atom is 0.387 e. The highest BCUT2D eigenvalue weighted by Gasteiger charge is 2.22. The number of aryl methyl sites for hydroxylation is 1. The Labute approximate surface area is 193 Å². The van der Waals surface area contributed by atoms with Crippen molar-refractivity contribution in [3.05, 3.63) is 70.5 Å². The van der Waals surface area contributed by atoms with Gasteiger partial charge in [0.2, 0.25) is 0 Å². The van der Waals surface area contributed by atoms with Gasteiger partial charge in [-0.1, -0.05) is 11.6 Å². The lowest BCUT2D eigenvalue weighted by Crippen LogP contribution is -2.14. The number of amides is 1. The lowest BCUT2D eigenvalue weighted by atomic mass is 10.2. The number of hydrogen-bond donors (Lipinski definition) is 1. The van der Waals surface area contributed by atoms with Gasteiger partial charge in [0.05, 0.1) is 22.8 Å². The number of sulfone groups is 1. The van der Waals surface area contributed by atoms with Crippen molar-refractivity contribution in [1.29, 1.82) is 0 Å². The molecule has 2 aromatic carbocycles. The quantitative estimate of drug-likeness (QED) is 0.460. The van der Waals surface area contributed by atoms with Crippen molar-refractivity contribution in [1.82, 2.24) is 4.57 Å². The van der Waals surface area contributed by atoms with Gasteiger partial charge in [0, 0.05) is 40.8 Å². The molecule has 176 valence electrons.